The monoisotopic (exact) mass is 303 g/mol. The second kappa shape index (κ2) is 7.29. The molecular formula is C17H25N3O2. The van der Waals surface area contributed by atoms with Crippen LogP contribution in [-0.2, 0) is 17.6 Å². The molecule has 1 aromatic carbocycles. The van der Waals surface area contributed by atoms with E-state index in [1.807, 2.05) is 12.1 Å². The van der Waals surface area contributed by atoms with Crippen molar-refractivity contribution in [3.05, 3.63) is 29.3 Å². The van der Waals surface area contributed by atoms with Crippen molar-refractivity contribution in [2.75, 3.05) is 18.4 Å². The maximum absolute atomic E-state index is 12.5. The van der Waals surface area contributed by atoms with Gasteiger partial charge >= 0.3 is 6.03 Å². The molecule has 1 saturated heterocycles. The van der Waals surface area contributed by atoms with E-state index in [4.69, 9.17) is 5.73 Å². The van der Waals surface area contributed by atoms with Crippen LogP contribution in [0.1, 0.15) is 37.8 Å². The fraction of sp³-hybridized carbons (Fsp3) is 0.529. The van der Waals surface area contributed by atoms with Crippen LogP contribution in [0.25, 0.3) is 0 Å². The van der Waals surface area contributed by atoms with Gasteiger partial charge in [0, 0.05) is 18.8 Å². The lowest BCUT2D eigenvalue weighted by Crippen LogP contribution is -2.45. The molecule has 0 radical (unpaired) electrons. The smallest absolute Gasteiger partial charge is 0.321 e. The number of carbonyl (C=O) groups excluding carboxylic acids is 2. The summed E-state index contributed by atoms with van der Waals surface area (Å²) in [4.78, 5) is 25.5. The predicted octanol–water partition coefficient (Wildman–Crippen LogP) is 2.54. The molecule has 3 N–H and O–H groups in total. The molecule has 120 valence electrons. The summed E-state index contributed by atoms with van der Waals surface area (Å²) in [7, 11) is 0. The van der Waals surface area contributed by atoms with Gasteiger partial charge in [0.2, 0.25) is 5.91 Å². The van der Waals surface area contributed by atoms with Crippen molar-refractivity contribution in [1.29, 1.82) is 0 Å². The molecular weight excluding hydrogens is 278 g/mol. The lowest BCUT2D eigenvalue weighted by molar-refractivity contribution is -0.123. The minimum absolute atomic E-state index is 0.145. The average molecular weight is 303 g/mol. The number of nitrogens with one attached hydrogen (secondary N) is 1. The standard InChI is InChI=1S/C17H25N3O2/c1-3-12-7-5-9-15(14(12)4-2)19-17(22)20-10-6-8-13(11-20)16(18)21/h5,7,9,13H,3-4,6,8,10-11H2,1-2H3,(H2,18,21)(H,19,22)/t13-/m1/s1. The summed E-state index contributed by atoms with van der Waals surface area (Å²) in [6.45, 7) is 5.29. The van der Waals surface area contributed by atoms with Gasteiger partial charge in [0.25, 0.3) is 0 Å². The highest BCUT2D eigenvalue weighted by Crippen LogP contribution is 2.23. The molecule has 0 spiro atoms. The quantitative estimate of drug-likeness (QED) is 0.897. The van der Waals surface area contributed by atoms with Crippen LogP contribution in [0.5, 0.6) is 0 Å². The third kappa shape index (κ3) is 3.59. The number of nitrogens with two attached hydrogens (primary N) is 1. The Morgan fingerprint density at radius 3 is 2.73 bits per heavy atom. The molecule has 1 aliphatic rings. The molecule has 2 rings (SSSR count). The van der Waals surface area contributed by atoms with Crippen LogP contribution in [0.2, 0.25) is 0 Å². The number of benzene rings is 1. The van der Waals surface area contributed by atoms with E-state index in [1.54, 1.807) is 4.90 Å². The molecule has 5 nitrogen and oxygen atoms in total. The maximum atomic E-state index is 12.5. The molecule has 0 aromatic heterocycles. The molecule has 0 bridgehead atoms. The van der Waals surface area contributed by atoms with E-state index in [-0.39, 0.29) is 17.9 Å². The third-order valence-electron chi connectivity index (χ3n) is 4.36. The van der Waals surface area contributed by atoms with Crippen molar-refractivity contribution in [3.8, 4) is 0 Å². The van der Waals surface area contributed by atoms with Crippen LogP contribution in [0.15, 0.2) is 18.2 Å². The third-order valence-corrected chi connectivity index (χ3v) is 4.36. The van der Waals surface area contributed by atoms with Crippen molar-refractivity contribution in [3.63, 3.8) is 0 Å². The largest absolute Gasteiger partial charge is 0.369 e. The van der Waals surface area contributed by atoms with E-state index < -0.39 is 0 Å². The first-order valence-corrected chi connectivity index (χ1v) is 8.02. The van der Waals surface area contributed by atoms with E-state index in [0.29, 0.717) is 13.1 Å². The van der Waals surface area contributed by atoms with Crippen molar-refractivity contribution >= 4 is 17.6 Å². The van der Waals surface area contributed by atoms with Gasteiger partial charge in [0.1, 0.15) is 0 Å². The minimum atomic E-state index is -0.320. The van der Waals surface area contributed by atoms with Gasteiger partial charge in [-0.15, -0.1) is 0 Å². The number of hydrogen-bond acceptors (Lipinski definition) is 2. The number of rotatable bonds is 4. The second-order valence-corrected chi connectivity index (χ2v) is 5.77. The molecule has 0 saturated carbocycles. The number of hydrogen-bond donors (Lipinski definition) is 2. The Labute approximate surface area is 131 Å². The first-order valence-electron chi connectivity index (χ1n) is 8.02. The normalized spacial score (nSPS) is 18.1. The lowest BCUT2D eigenvalue weighted by Gasteiger charge is -2.31. The van der Waals surface area contributed by atoms with Gasteiger partial charge in [-0.1, -0.05) is 26.0 Å². The molecule has 0 unspecified atom stereocenters. The number of primary amides is 1. The van der Waals surface area contributed by atoms with Crippen molar-refractivity contribution in [2.45, 2.75) is 39.5 Å². The first-order chi connectivity index (χ1) is 10.6. The number of nitrogens with zero attached hydrogens (tertiary/aromatic N) is 1. The summed E-state index contributed by atoms with van der Waals surface area (Å²) in [5.41, 5.74) is 8.68. The van der Waals surface area contributed by atoms with Crippen LogP contribution >= 0.6 is 0 Å². The molecule has 1 heterocycles. The predicted molar refractivity (Wildman–Crippen MR) is 87.7 cm³/mol. The van der Waals surface area contributed by atoms with Crippen molar-refractivity contribution < 1.29 is 9.59 Å². The Morgan fingerprint density at radius 2 is 2.09 bits per heavy atom. The van der Waals surface area contributed by atoms with Gasteiger partial charge < -0.3 is 16.0 Å². The molecule has 1 aromatic rings. The van der Waals surface area contributed by atoms with Gasteiger partial charge in [0.05, 0.1) is 5.92 Å². The average Bonchev–Trinajstić information content (AvgIpc) is 2.54. The summed E-state index contributed by atoms with van der Waals surface area (Å²) in [6.07, 6.45) is 3.41. The van der Waals surface area contributed by atoms with Crippen LogP contribution in [0.3, 0.4) is 0 Å². The van der Waals surface area contributed by atoms with Crippen LogP contribution < -0.4 is 11.1 Å². The highest BCUT2D eigenvalue weighted by molar-refractivity contribution is 5.91. The topological polar surface area (TPSA) is 75.4 Å². The molecule has 0 aliphatic carbocycles. The zero-order valence-corrected chi connectivity index (χ0v) is 13.4. The number of amides is 3. The van der Waals surface area contributed by atoms with Gasteiger partial charge in [-0.3, -0.25) is 4.79 Å². The SMILES string of the molecule is CCc1cccc(NC(=O)N2CCC[C@@H](C(N)=O)C2)c1CC. The van der Waals surface area contributed by atoms with Gasteiger partial charge in [-0.25, -0.2) is 4.79 Å². The van der Waals surface area contributed by atoms with Gasteiger partial charge in [0.15, 0.2) is 0 Å². The summed E-state index contributed by atoms with van der Waals surface area (Å²) < 4.78 is 0. The molecule has 1 fully saturated rings. The number of piperidine rings is 1. The Hall–Kier alpha value is -2.04. The van der Waals surface area contributed by atoms with Crippen LogP contribution in [-0.4, -0.2) is 29.9 Å². The molecule has 22 heavy (non-hydrogen) atoms. The molecule has 1 aliphatic heterocycles. The second-order valence-electron chi connectivity index (χ2n) is 5.77. The lowest BCUT2D eigenvalue weighted by atomic mass is 9.98. The van der Waals surface area contributed by atoms with Crippen molar-refractivity contribution in [2.24, 2.45) is 11.7 Å². The van der Waals surface area contributed by atoms with E-state index >= 15 is 0 Å². The maximum Gasteiger partial charge on any atom is 0.321 e. The Bertz CT molecular complexity index is 557. The summed E-state index contributed by atoms with van der Waals surface area (Å²) in [5.74, 6) is -0.549. The minimum Gasteiger partial charge on any atom is -0.369 e. The number of urea groups is 1. The summed E-state index contributed by atoms with van der Waals surface area (Å²) in [5, 5.41) is 3.00. The zero-order chi connectivity index (χ0) is 16.1. The van der Waals surface area contributed by atoms with E-state index in [9.17, 15) is 9.59 Å². The Morgan fingerprint density at radius 1 is 1.32 bits per heavy atom. The highest BCUT2D eigenvalue weighted by atomic mass is 16.2. The highest BCUT2D eigenvalue weighted by Gasteiger charge is 2.27. The van der Waals surface area contributed by atoms with Crippen LogP contribution in [0, 0.1) is 5.92 Å². The van der Waals surface area contributed by atoms with Crippen LogP contribution in [0.4, 0.5) is 10.5 Å². The Balaban J connectivity index is 2.10. The molecule has 3 amide bonds. The fourth-order valence-electron chi connectivity index (χ4n) is 3.09. The van der Waals surface area contributed by atoms with E-state index in [1.165, 1.54) is 11.1 Å². The van der Waals surface area contributed by atoms with Gasteiger partial charge in [-0.2, -0.15) is 0 Å². The van der Waals surface area contributed by atoms with Gasteiger partial charge in [-0.05, 0) is 42.9 Å². The van der Waals surface area contributed by atoms with Crippen molar-refractivity contribution in [1.82, 2.24) is 4.90 Å². The summed E-state index contributed by atoms with van der Waals surface area (Å²) >= 11 is 0. The first kappa shape index (κ1) is 16.3. The van der Waals surface area contributed by atoms with E-state index in [2.05, 4.69) is 25.2 Å². The molecule has 5 heteroatoms. The number of likely N-dealkylation sites (tertiary alicyclic amines) is 1. The summed E-state index contributed by atoms with van der Waals surface area (Å²) in [6, 6.07) is 5.86. The van der Waals surface area contributed by atoms with E-state index in [0.717, 1.165) is 31.4 Å². The Kier molecular flexibility index (Phi) is 5.41. The fourth-order valence-corrected chi connectivity index (χ4v) is 3.09. The zero-order valence-electron chi connectivity index (χ0n) is 13.4. The number of anilines is 1. The molecule has 1 atom stereocenters. The number of carbonyl (C=O) groups is 2. The number of aryl methyl sites for hydroxylation is 1.